The van der Waals surface area contributed by atoms with E-state index in [0.29, 0.717) is 34.8 Å². The molecule has 0 saturated carbocycles. The maximum Gasteiger partial charge on any atom is 0.341 e. The fourth-order valence-corrected chi connectivity index (χ4v) is 5.25. The fraction of sp³-hybridized carbons (Fsp3) is 0.320. The topological polar surface area (TPSA) is 138 Å². The van der Waals surface area contributed by atoms with Gasteiger partial charge in [0.2, 0.25) is 5.91 Å². The average Bonchev–Trinajstić information content (AvgIpc) is 3.41. The normalized spacial score (nSPS) is 10.8. The average molecular weight is 544 g/mol. The molecule has 0 atom stereocenters. The van der Waals surface area contributed by atoms with Crippen LogP contribution in [-0.4, -0.2) is 45.4 Å². The molecule has 37 heavy (non-hydrogen) atoms. The lowest BCUT2D eigenvalue weighted by Gasteiger charge is -2.10. The summed E-state index contributed by atoms with van der Waals surface area (Å²) < 4.78 is 12.5. The zero-order valence-corrected chi connectivity index (χ0v) is 22.7. The van der Waals surface area contributed by atoms with E-state index in [0.717, 1.165) is 11.3 Å². The number of amides is 2. The summed E-state index contributed by atoms with van der Waals surface area (Å²) in [6, 6.07) is 7.90. The lowest BCUT2D eigenvalue weighted by atomic mass is 10.0. The van der Waals surface area contributed by atoms with Crippen molar-refractivity contribution in [2.24, 2.45) is 5.73 Å². The van der Waals surface area contributed by atoms with E-state index in [1.807, 2.05) is 28.8 Å². The van der Waals surface area contributed by atoms with Crippen molar-refractivity contribution in [2.45, 2.75) is 45.0 Å². The molecular weight excluding hydrogens is 514 g/mol. The van der Waals surface area contributed by atoms with E-state index in [1.54, 1.807) is 13.0 Å². The van der Waals surface area contributed by atoms with Gasteiger partial charge in [0.05, 0.1) is 23.3 Å². The summed E-state index contributed by atoms with van der Waals surface area (Å²) in [6.07, 6.45) is 1.71. The number of benzene rings is 1. The number of aromatic nitrogens is 3. The van der Waals surface area contributed by atoms with E-state index in [-0.39, 0.29) is 27.8 Å². The number of hydrogen-bond acceptors (Lipinski definition) is 9. The van der Waals surface area contributed by atoms with E-state index in [2.05, 4.69) is 35.9 Å². The second kappa shape index (κ2) is 12.5. The Morgan fingerprint density at radius 3 is 2.54 bits per heavy atom. The summed E-state index contributed by atoms with van der Waals surface area (Å²) in [6.45, 7) is 10.2. The molecule has 0 bridgehead atoms. The molecule has 3 aromatic rings. The van der Waals surface area contributed by atoms with Gasteiger partial charge < -0.3 is 20.5 Å². The molecule has 0 saturated heterocycles. The third-order valence-corrected chi connectivity index (χ3v) is 7.55. The van der Waals surface area contributed by atoms with Crippen LogP contribution in [0.5, 0.6) is 5.75 Å². The second-order valence-electron chi connectivity index (χ2n) is 8.26. The number of anilines is 1. The maximum absolute atomic E-state index is 12.7. The fourth-order valence-electron chi connectivity index (χ4n) is 3.42. The number of allylic oxidation sites excluding steroid dienone is 1. The SMILES string of the molecule is C=CCn1c(COc2ccc(C(C)C)cc2)nnc1SCC(=O)Nc1sc(C(N)=O)c(C)c1C(=O)OC. The van der Waals surface area contributed by atoms with Crippen LogP contribution in [0.15, 0.2) is 42.1 Å². The number of carbonyl (C=O) groups excluding carboxylic acids is 3. The predicted molar refractivity (Wildman–Crippen MR) is 143 cm³/mol. The van der Waals surface area contributed by atoms with Crippen molar-refractivity contribution in [1.82, 2.24) is 14.8 Å². The van der Waals surface area contributed by atoms with Crippen LogP contribution in [0.25, 0.3) is 0 Å². The van der Waals surface area contributed by atoms with Gasteiger partial charge >= 0.3 is 5.97 Å². The molecule has 2 amide bonds. The van der Waals surface area contributed by atoms with Crippen molar-refractivity contribution in [2.75, 3.05) is 18.2 Å². The third kappa shape index (κ3) is 6.77. The van der Waals surface area contributed by atoms with E-state index in [1.165, 1.54) is 24.4 Å². The van der Waals surface area contributed by atoms with Crippen LogP contribution in [0.1, 0.15) is 56.7 Å². The summed E-state index contributed by atoms with van der Waals surface area (Å²) >= 11 is 2.10. The minimum Gasteiger partial charge on any atom is -0.486 e. The van der Waals surface area contributed by atoms with Gasteiger partial charge in [-0.1, -0.05) is 43.8 Å². The van der Waals surface area contributed by atoms with Crippen LogP contribution in [0.4, 0.5) is 5.00 Å². The predicted octanol–water partition coefficient (Wildman–Crippen LogP) is 4.15. The number of methoxy groups -OCH3 is 1. The molecule has 12 heteroatoms. The first kappa shape index (κ1) is 27.9. The van der Waals surface area contributed by atoms with Crippen molar-refractivity contribution in [1.29, 1.82) is 0 Å². The Hall–Kier alpha value is -3.64. The van der Waals surface area contributed by atoms with Crippen LogP contribution >= 0.6 is 23.1 Å². The zero-order valence-electron chi connectivity index (χ0n) is 21.1. The van der Waals surface area contributed by atoms with Crippen LogP contribution in [0, 0.1) is 6.92 Å². The van der Waals surface area contributed by atoms with Crippen molar-refractivity contribution < 1.29 is 23.9 Å². The van der Waals surface area contributed by atoms with Gasteiger partial charge in [-0.3, -0.25) is 14.2 Å². The smallest absolute Gasteiger partial charge is 0.341 e. The number of rotatable bonds is 12. The molecule has 0 aliphatic rings. The molecule has 3 rings (SSSR count). The largest absolute Gasteiger partial charge is 0.486 e. The van der Waals surface area contributed by atoms with Crippen LogP contribution in [-0.2, 0) is 22.7 Å². The summed E-state index contributed by atoms with van der Waals surface area (Å²) in [5, 5.41) is 11.8. The Kier molecular flexibility index (Phi) is 9.48. The van der Waals surface area contributed by atoms with Crippen molar-refractivity contribution in [3.8, 4) is 5.75 Å². The summed E-state index contributed by atoms with van der Waals surface area (Å²) in [4.78, 5) is 36.8. The minimum absolute atomic E-state index is 0.0176. The number of carbonyl (C=O) groups is 3. The van der Waals surface area contributed by atoms with E-state index < -0.39 is 17.8 Å². The molecule has 2 aromatic heterocycles. The van der Waals surface area contributed by atoms with Crippen LogP contribution in [0.2, 0.25) is 0 Å². The van der Waals surface area contributed by atoms with Gasteiger partial charge in [0.1, 0.15) is 17.4 Å². The Labute approximate surface area is 223 Å². The van der Waals surface area contributed by atoms with Crippen LogP contribution in [0.3, 0.4) is 0 Å². The molecule has 0 aliphatic heterocycles. The van der Waals surface area contributed by atoms with Crippen LogP contribution < -0.4 is 15.8 Å². The molecule has 0 spiro atoms. The molecule has 1 aromatic carbocycles. The molecule has 3 N–H and O–H groups in total. The number of ether oxygens (including phenoxy) is 2. The van der Waals surface area contributed by atoms with E-state index in [9.17, 15) is 14.4 Å². The molecule has 196 valence electrons. The zero-order chi connectivity index (χ0) is 27.1. The van der Waals surface area contributed by atoms with Crippen molar-refractivity contribution in [3.63, 3.8) is 0 Å². The minimum atomic E-state index is -0.689. The first-order valence-electron chi connectivity index (χ1n) is 11.4. The second-order valence-corrected chi connectivity index (χ2v) is 10.2. The summed E-state index contributed by atoms with van der Waals surface area (Å²) in [5.41, 5.74) is 7.09. The molecule has 0 fully saturated rings. The number of esters is 1. The Morgan fingerprint density at radius 2 is 1.95 bits per heavy atom. The number of primary amides is 1. The number of thioether (sulfide) groups is 1. The summed E-state index contributed by atoms with van der Waals surface area (Å²) in [7, 11) is 1.22. The first-order valence-corrected chi connectivity index (χ1v) is 13.2. The quantitative estimate of drug-likeness (QED) is 0.197. The lowest BCUT2D eigenvalue weighted by molar-refractivity contribution is -0.113. The third-order valence-electron chi connectivity index (χ3n) is 5.37. The van der Waals surface area contributed by atoms with Gasteiger partial charge in [0, 0.05) is 6.54 Å². The summed E-state index contributed by atoms with van der Waals surface area (Å²) in [5.74, 6) is -0.0378. The Bertz CT molecular complexity index is 1300. The number of nitrogens with one attached hydrogen (secondary N) is 1. The maximum atomic E-state index is 12.7. The lowest BCUT2D eigenvalue weighted by Crippen LogP contribution is -2.16. The molecule has 2 heterocycles. The highest BCUT2D eigenvalue weighted by Gasteiger charge is 2.25. The van der Waals surface area contributed by atoms with Gasteiger partial charge in [-0.2, -0.15) is 0 Å². The first-order chi connectivity index (χ1) is 17.7. The Balaban J connectivity index is 1.68. The van der Waals surface area contributed by atoms with Crippen molar-refractivity contribution >= 4 is 45.9 Å². The molecule has 0 unspecified atom stereocenters. The molecule has 0 aliphatic carbocycles. The van der Waals surface area contributed by atoms with Gasteiger partial charge in [0.25, 0.3) is 5.91 Å². The standard InChI is InChI=1S/C25H29N5O5S2/c1-6-11-30-18(12-35-17-9-7-16(8-10-17)14(2)3)28-29-25(30)36-13-19(31)27-23-20(24(33)34-5)15(4)21(37-23)22(26)32/h6-10,14H,1,11-13H2,2-5H3,(H2,26,32)(H,27,31). The number of hydrogen-bond donors (Lipinski definition) is 2. The Morgan fingerprint density at radius 1 is 1.24 bits per heavy atom. The van der Waals surface area contributed by atoms with Gasteiger partial charge in [-0.25, -0.2) is 4.79 Å². The molecule has 0 radical (unpaired) electrons. The van der Waals surface area contributed by atoms with E-state index >= 15 is 0 Å². The van der Waals surface area contributed by atoms with E-state index in [4.69, 9.17) is 15.2 Å². The van der Waals surface area contributed by atoms with Gasteiger partial charge in [-0.05, 0) is 36.1 Å². The number of thiophene rings is 1. The highest BCUT2D eigenvalue weighted by molar-refractivity contribution is 7.99. The monoisotopic (exact) mass is 543 g/mol. The highest BCUT2D eigenvalue weighted by atomic mass is 32.2. The number of nitrogens with zero attached hydrogens (tertiary/aromatic N) is 3. The van der Waals surface area contributed by atoms with Gasteiger partial charge in [0.15, 0.2) is 11.0 Å². The van der Waals surface area contributed by atoms with Gasteiger partial charge in [-0.15, -0.1) is 28.1 Å². The number of nitrogens with two attached hydrogens (primary N) is 1. The molecule has 10 nitrogen and oxygen atoms in total. The molecular formula is C25H29N5O5S2. The highest BCUT2D eigenvalue weighted by Crippen LogP contribution is 2.33. The van der Waals surface area contributed by atoms with Crippen molar-refractivity contribution in [3.05, 3.63) is 64.3 Å².